The van der Waals surface area contributed by atoms with Crippen molar-refractivity contribution in [2.24, 2.45) is 0 Å². The highest BCUT2D eigenvalue weighted by atomic mass is 16.5. The molecule has 5 nitrogen and oxygen atoms in total. The van der Waals surface area contributed by atoms with Crippen molar-refractivity contribution < 1.29 is 24.2 Å². The van der Waals surface area contributed by atoms with Gasteiger partial charge in [0.1, 0.15) is 6.10 Å². The Kier molecular flexibility index (Phi) is 16.4. The lowest BCUT2D eigenvalue weighted by Crippen LogP contribution is -2.17. The first kappa shape index (κ1) is 28.2. The molecule has 0 fully saturated rings. The summed E-state index contributed by atoms with van der Waals surface area (Å²) in [6, 6.07) is 10.2. The highest BCUT2D eigenvalue weighted by Crippen LogP contribution is 2.19. The number of carboxylic acid groups (broad SMARTS) is 1. The molecule has 0 heterocycles. The smallest absolute Gasteiger partial charge is 0.303 e. The molecule has 2 atom stereocenters. The molecule has 0 aliphatic heterocycles. The van der Waals surface area contributed by atoms with Gasteiger partial charge in [0.25, 0.3) is 0 Å². The van der Waals surface area contributed by atoms with E-state index in [0.717, 1.165) is 64.2 Å². The van der Waals surface area contributed by atoms with Crippen LogP contribution in [0.1, 0.15) is 109 Å². The first-order valence-electron chi connectivity index (χ1n) is 12.6. The topological polar surface area (TPSA) is 72.8 Å². The quantitative estimate of drug-likeness (QED) is 0.171. The largest absolute Gasteiger partial charge is 0.481 e. The summed E-state index contributed by atoms with van der Waals surface area (Å²) in [5.74, 6) is -0.908. The Morgan fingerprint density at radius 1 is 0.812 bits per heavy atom. The number of esters is 1. The van der Waals surface area contributed by atoms with Gasteiger partial charge in [0.15, 0.2) is 0 Å². The van der Waals surface area contributed by atoms with Crippen LogP contribution in [0.25, 0.3) is 0 Å². The van der Waals surface area contributed by atoms with Crippen molar-refractivity contribution in [2.45, 2.75) is 123 Å². The van der Waals surface area contributed by atoms with Crippen LogP contribution >= 0.6 is 0 Å². The Balaban J connectivity index is 2.40. The van der Waals surface area contributed by atoms with Crippen LogP contribution in [-0.2, 0) is 25.7 Å². The molecule has 0 aliphatic carbocycles. The molecular weight excluding hydrogens is 404 g/mol. The van der Waals surface area contributed by atoms with Crippen molar-refractivity contribution >= 4 is 11.9 Å². The molecule has 0 amide bonds. The molecule has 0 aliphatic rings. The number of carboxylic acids is 1. The molecule has 32 heavy (non-hydrogen) atoms. The number of hydrogen-bond acceptors (Lipinski definition) is 4. The second-order valence-corrected chi connectivity index (χ2v) is 8.78. The summed E-state index contributed by atoms with van der Waals surface area (Å²) in [5, 5.41) is 8.80. The van der Waals surface area contributed by atoms with Gasteiger partial charge < -0.3 is 14.6 Å². The maximum absolute atomic E-state index is 11.4. The fraction of sp³-hybridized carbons (Fsp3) is 0.704. The zero-order chi connectivity index (χ0) is 23.4. The molecule has 0 spiro atoms. The Morgan fingerprint density at radius 2 is 1.38 bits per heavy atom. The molecular formula is C27H44O5. The highest BCUT2D eigenvalue weighted by Gasteiger charge is 2.14. The van der Waals surface area contributed by atoms with E-state index < -0.39 is 5.97 Å². The zero-order valence-electron chi connectivity index (χ0n) is 20.2. The first-order chi connectivity index (χ1) is 15.5. The predicted molar refractivity (Wildman–Crippen MR) is 129 cm³/mol. The second-order valence-electron chi connectivity index (χ2n) is 8.78. The lowest BCUT2D eigenvalue weighted by Gasteiger charge is -2.20. The molecule has 1 aromatic carbocycles. The summed E-state index contributed by atoms with van der Waals surface area (Å²) < 4.78 is 11.8. The summed E-state index contributed by atoms with van der Waals surface area (Å²) in [4.78, 5) is 22.1. The van der Waals surface area contributed by atoms with Crippen molar-refractivity contribution in [2.75, 3.05) is 0 Å². The third kappa shape index (κ3) is 15.9. The number of carbonyl (C=O) groups is 2. The van der Waals surface area contributed by atoms with Crippen LogP contribution < -0.4 is 0 Å². The molecule has 182 valence electrons. The molecule has 1 N–H and O–H groups in total. The van der Waals surface area contributed by atoms with Crippen LogP contribution in [0.2, 0.25) is 0 Å². The monoisotopic (exact) mass is 448 g/mol. The Labute approximate surface area is 194 Å². The van der Waals surface area contributed by atoms with E-state index in [9.17, 15) is 9.59 Å². The number of rotatable bonds is 20. The van der Waals surface area contributed by atoms with Gasteiger partial charge in [-0.05, 0) is 50.5 Å². The average molecular weight is 449 g/mol. The number of unbranched alkanes of at least 4 members (excludes halogenated alkanes) is 6. The van der Waals surface area contributed by atoms with Crippen LogP contribution in [0, 0.1) is 0 Å². The molecule has 0 bridgehead atoms. The molecule has 5 heteroatoms. The summed E-state index contributed by atoms with van der Waals surface area (Å²) in [5.41, 5.74) is 1.17. The lowest BCUT2D eigenvalue weighted by molar-refractivity contribution is -0.147. The lowest BCUT2D eigenvalue weighted by atomic mass is 10.0. The Bertz CT molecular complexity index is 601. The molecule has 0 saturated heterocycles. The SMILES string of the molecule is CCCCCCC(CCCCC(CCCCCC(=O)O)OCc1ccccc1)OC(C)=O. The minimum Gasteiger partial charge on any atom is -0.481 e. The first-order valence-corrected chi connectivity index (χ1v) is 12.6. The number of ether oxygens (including phenoxy) is 2. The molecule has 0 aromatic heterocycles. The summed E-state index contributed by atoms with van der Waals surface area (Å²) in [6.45, 7) is 4.30. The van der Waals surface area contributed by atoms with Gasteiger partial charge in [-0.1, -0.05) is 75.8 Å². The van der Waals surface area contributed by atoms with E-state index in [0.29, 0.717) is 6.61 Å². The second kappa shape index (κ2) is 18.7. The normalized spacial score (nSPS) is 12.9. The van der Waals surface area contributed by atoms with Crippen molar-refractivity contribution in [3.63, 3.8) is 0 Å². The van der Waals surface area contributed by atoms with Gasteiger partial charge in [0, 0.05) is 13.3 Å². The van der Waals surface area contributed by atoms with Crippen molar-refractivity contribution in [3.05, 3.63) is 35.9 Å². The van der Waals surface area contributed by atoms with Gasteiger partial charge in [-0.25, -0.2) is 0 Å². The van der Waals surface area contributed by atoms with Crippen LogP contribution in [0.5, 0.6) is 0 Å². The minimum absolute atomic E-state index is 0.0315. The van der Waals surface area contributed by atoms with Gasteiger partial charge in [-0.3, -0.25) is 9.59 Å². The van der Waals surface area contributed by atoms with Crippen LogP contribution in [0.4, 0.5) is 0 Å². The standard InChI is InChI=1S/C27H44O5/c1-3-4-5-10-19-26(32-23(2)28)20-14-13-18-25(17-11-7-12-21-27(29)30)31-22-24-15-8-6-9-16-24/h6,8-9,15-16,25-26H,3-5,7,10-14,17-22H2,1-2H3,(H,29,30). The fourth-order valence-corrected chi connectivity index (χ4v) is 3.96. The van der Waals surface area contributed by atoms with Crippen LogP contribution in [0.3, 0.4) is 0 Å². The third-order valence-corrected chi connectivity index (χ3v) is 5.76. The average Bonchev–Trinajstić information content (AvgIpc) is 2.77. The van der Waals surface area contributed by atoms with E-state index >= 15 is 0 Å². The highest BCUT2D eigenvalue weighted by molar-refractivity contribution is 5.66. The van der Waals surface area contributed by atoms with Crippen LogP contribution in [0.15, 0.2) is 30.3 Å². The van der Waals surface area contributed by atoms with Gasteiger partial charge in [0.05, 0.1) is 12.7 Å². The van der Waals surface area contributed by atoms with E-state index in [1.165, 1.54) is 31.7 Å². The minimum atomic E-state index is -0.723. The molecule has 1 rings (SSSR count). The summed E-state index contributed by atoms with van der Waals surface area (Å²) in [6.07, 6.45) is 13.7. The van der Waals surface area contributed by atoms with E-state index in [2.05, 4.69) is 19.1 Å². The maximum atomic E-state index is 11.4. The number of benzene rings is 1. The molecule has 0 saturated carbocycles. The Morgan fingerprint density at radius 3 is 1.94 bits per heavy atom. The number of aliphatic carboxylic acids is 1. The van der Waals surface area contributed by atoms with Gasteiger partial charge in [-0.15, -0.1) is 0 Å². The third-order valence-electron chi connectivity index (χ3n) is 5.76. The maximum Gasteiger partial charge on any atom is 0.303 e. The Hall–Kier alpha value is -1.88. The number of carbonyl (C=O) groups excluding carboxylic acids is 1. The van der Waals surface area contributed by atoms with E-state index in [4.69, 9.17) is 14.6 Å². The van der Waals surface area contributed by atoms with E-state index in [1.54, 1.807) is 0 Å². The molecule has 0 radical (unpaired) electrons. The van der Waals surface area contributed by atoms with Gasteiger partial charge >= 0.3 is 11.9 Å². The zero-order valence-corrected chi connectivity index (χ0v) is 20.2. The van der Waals surface area contributed by atoms with Gasteiger partial charge in [-0.2, -0.15) is 0 Å². The van der Waals surface area contributed by atoms with E-state index in [1.807, 2.05) is 18.2 Å². The summed E-state index contributed by atoms with van der Waals surface area (Å²) in [7, 11) is 0. The van der Waals surface area contributed by atoms with Crippen molar-refractivity contribution in [3.8, 4) is 0 Å². The molecule has 1 aromatic rings. The van der Waals surface area contributed by atoms with Gasteiger partial charge in [0.2, 0.25) is 0 Å². The summed E-state index contributed by atoms with van der Waals surface area (Å²) >= 11 is 0. The predicted octanol–water partition coefficient (Wildman–Crippen LogP) is 7.07. The fourth-order valence-electron chi connectivity index (χ4n) is 3.96. The van der Waals surface area contributed by atoms with Crippen molar-refractivity contribution in [1.29, 1.82) is 0 Å². The molecule has 2 unspecified atom stereocenters. The van der Waals surface area contributed by atoms with Crippen LogP contribution in [-0.4, -0.2) is 29.3 Å². The van der Waals surface area contributed by atoms with Crippen molar-refractivity contribution in [1.82, 2.24) is 0 Å². The number of hydrogen-bond donors (Lipinski definition) is 1. The van der Waals surface area contributed by atoms with E-state index in [-0.39, 0.29) is 24.6 Å².